The van der Waals surface area contributed by atoms with Gasteiger partial charge in [0, 0.05) is 0 Å². The number of ether oxygens (including phenoxy) is 4. The molecule has 0 saturated carbocycles. The van der Waals surface area contributed by atoms with E-state index in [1.807, 2.05) is 91.0 Å². The molecule has 0 aliphatic carbocycles. The van der Waals surface area contributed by atoms with Gasteiger partial charge in [-0.1, -0.05) is 91.0 Å². The lowest BCUT2D eigenvalue weighted by Crippen LogP contribution is -2.37. The smallest absolute Gasteiger partial charge is 0.358 e. The predicted molar refractivity (Wildman–Crippen MR) is 143 cm³/mol. The van der Waals surface area contributed by atoms with Crippen LogP contribution in [0.25, 0.3) is 0 Å². The fourth-order valence-electron chi connectivity index (χ4n) is 4.46. The Morgan fingerprint density at radius 1 is 0.821 bits per heavy atom. The molecule has 1 aromatic heterocycles. The number of carboxylic acid groups (broad SMARTS) is 1. The molecule has 9 heteroatoms. The Hall–Kier alpha value is -3.47. The van der Waals surface area contributed by atoms with E-state index >= 15 is 4.39 Å². The molecule has 1 aliphatic rings. The highest BCUT2D eigenvalue weighted by Crippen LogP contribution is 2.41. The number of carbonyl (C=O) groups is 1. The van der Waals surface area contributed by atoms with Crippen LogP contribution in [0.3, 0.4) is 0 Å². The summed E-state index contributed by atoms with van der Waals surface area (Å²) < 4.78 is 44.0. The molecule has 4 aromatic rings. The first-order valence-electron chi connectivity index (χ1n) is 12.6. The molecule has 0 unspecified atom stereocenters. The molecule has 3 aromatic carbocycles. The Kier molecular flexibility index (Phi) is 9.08. The SMILES string of the molecule is O=C(O)c1nsc([C@@H]2O[C@H](COCc3ccccc3)[C@@H](OCc3ccccc3)[C@H]2OCc2ccccc2)c1F. The van der Waals surface area contributed by atoms with E-state index in [1.165, 1.54) is 0 Å². The van der Waals surface area contributed by atoms with Crippen molar-refractivity contribution in [3.8, 4) is 0 Å². The van der Waals surface area contributed by atoms with E-state index in [-0.39, 0.29) is 24.7 Å². The predicted octanol–water partition coefficient (Wildman–Crippen LogP) is 5.81. The number of aromatic nitrogens is 1. The molecule has 4 atom stereocenters. The van der Waals surface area contributed by atoms with Crippen molar-refractivity contribution in [3.63, 3.8) is 0 Å². The monoisotopic (exact) mass is 549 g/mol. The normalized spacial score (nSPS) is 20.7. The average Bonchev–Trinajstić information content (AvgIpc) is 3.52. The Morgan fingerprint density at radius 3 is 1.85 bits per heavy atom. The lowest BCUT2D eigenvalue weighted by Gasteiger charge is -2.25. The van der Waals surface area contributed by atoms with Gasteiger partial charge in [-0.15, -0.1) is 0 Å². The highest BCUT2D eigenvalue weighted by Gasteiger charge is 2.49. The number of hydrogen-bond donors (Lipinski definition) is 1. The summed E-state index contributed by atoms with van der Waals surface area (Å²) in [7, 11) is 0. The van der Waals surface area contributed by atoms with Gasteiger partial charge in [0.1, 0.15) is 24.4 Å². The number of nitrogens with zero attached hydrogens (tertiary/aromatic N) is 1. The number of carboxylic acids is 1. The minimum Gasteiger partial charge on any atom is -0.476 e. The third-order valence-corrected chi connectivity index (χ3v) is 7.28. The third kappa shape index (κ3) is 6.76. The zero-order valence-corrected chi connectivity index (χ0v) is 21.8. The summed E-state index contributed by atoms with van der Waals surface area (Å²) in [4.78, 5) is 11.6. The molecule has 1 N–H and O–H groups in total. The molecule has 2 heterocycles. The van der Waals surface area contributed by atoms with Crippen LogP contribution >= 0.6 is 11.5 Å². The highest BCUT2D eigenvalue weighted by molar-refractivity contribution is 7.06. The minimum atomic E-state index is -1.44. The first-order valence-corrected chi connectivity index (χ1v) is 13.3. The molecule has 39 heavy (non-hydrogen) atoms. The van der Waals surface area contributed by atoms with E-state index in [0.29, 0.717) is 6.61 Å². The summed E-state index contributed by atoms with van der Waals surface area (Å²) in [5, 5.41) is 9.37. The van der Waals surface area contributed by atoms with E-state index in [9.17, 15) is 9.90 Å². The van der Waals surface area contributed by atoms with Gasteiger partial charge in [-0.25, -0.2) is 9.18 Å². The zero-order valence-electron chi connectivity index (χ0n) is 21.0. The maximum absolute atomic E-state index is 15.2. The molecular formula is C30H28FNO6S. The summed E-state index contributed by atoms with van der Waals surface area (Å²) in [6, 6.07) is 29.0. The summed E-state index contributed by atoms with van der Waals surface area (Å²) in [6.45, 7) is 1.06. The van der Waals surface area contributed by atoms with Crippen molar-refractivity contribution in [1.29, 1.82) is 0 Å². The van der Waals surface area contributed by atoms with Crippen molar-refractivity contribution in [1.82, 2.24) is 4.37 Å². The minimum absolute atomic E-state index is 0.0596. The second-order valence-electron chi connectivity index (χ2n) is 9.13. The first-order chi connectivity index (χ1) is 19.1. The number of aromatic carboxylic acids is 1. The summed E-state index contributed by atoms with van der Waals surface area (Å²) in [6.07, 6.45) is -2.89. The van der Waals surface area contributed by atoms with Gasteiger partial charge in [0.2, 0.25) is 0 Å². The third-order valence-electron chi connectivity index (χ3n) is 6.39. The van der Waals surface area contributed by atoms with Crippen LogP contribution in [0.5, 0.6) is 0 Å². The summed E-state index contributed by atoms with van der Waals surface area (Å²) in [5.74, 6) is -2.35. The van der Waals surface area contributed by atoms with Crippen LogP contribution in [-0.4, -0.2) is 40.4 Å². The maximum atomic E-state index is 15.2. The van der Waals surface area contributed by atoms with Gasteiger partial charge in [0.05, 0.1) is 31.3 Å². The van der Waals surface area contributed by atoms with Gasteiger partial charge in [-0.05, 0) is 28.2 Å². The fraction of sp³-hybridized carbons (Fsp3) is 0.267. The standard InChI is InChI=1S/C30H28FNO6S/c31-24-25(30(33)34)32-39-29(24)28-27(37-18-22-14-8-3-9-15-22)26(36-17-21-12-6-2-7-13-21)23(38-28)19-35-16-20-10-4-1-5-11-20/h1-15,23,26-28H,16-19H2,(H,33,34)/t23-,26-,27-,28-/m1/s1. The molecule has 7 nitrogen and oxygen atoms in total. The van der Waals surface area contributed by atoms with Crippen molar-refractivity contribution in [2.24, 2.45) is 0 Å². The summed E-state index contributed by atoms with van der Waals surface area (Å²) in [5.41, 5.74) is 2.26. The number of hydrogen-bond acceptors (Lipinski definition) is 7. The molecular weight excluding hydrogens is 521 g/mol. The summed E-state index contributed by atoms with van der Waals surface area (Å²) >= 11 is 0.759. The van der Waals surface area contributed by atoms with E-state index in [4.69, 9.17) is 18.9 Å². The second kappa shape index (κ2) is 13.1. The number of halogens is 1. The number of rotatable bonds is 12. The average molecular weight is 550 g/mol. The first kappa shape index (κ1) is 27.1. The van der Waals surface area contributed by atoms with Crippen molar-refractivity contribution < 1.29 is 33.2 Å². The lowest BCUT2D eigenvalue weighted by atomic mass is 10.1. The quantitative estimate of drug-likeness (QED) is 0.239. The zero-order chi connectivity index (χ0) is 27.0. The maximum Gasteiger partial charge on any atom is 0.358 e. The topological polar surface area (TPSA) is 87.1 Å². The molecule has 0 amide bonds. The van der Waals surface area contributed by atoms with E-state index < -0.39 is 41.9 Å². The second-order valence-corrected chi connectivity index (χ2v) is 9.94. The largest absolute Gasteiger partial charge is 0.476 e. The highest BCUT2D eigenvalue weighted by atomic mass is 32.1. The molecule has 202 valence electrons. The number of benzene rings is 3. The molecule has 0 bridgehead atoms. The van der Waals surface area contributed by atoms with E-state index in [2.05, 4.69) is 4.37 Å². The van der Waals surface area contributed by atoms with Gasteiger partial charge >= 0.3 is 5.97 Å². The Bertz CT molecular complexity index is 1340. The van der Waals surface area contributed by atoms with Crippen molar-refractivity contribution in [3.05, 3.63) is 124 Å². The van der Waals surface area contributed by atoms with Gasteiger partial charge in [-0.2, -0.15) is 4.37 Å². The fourth-order valence-corrected chi connectivity index (χ4v) is 5.28. The van der Waals surface area contributed by atoms with Crippen molar-refractivity contribution >= 4 is 17.5 Å². The Morgan fingerprint density at radius 2 is 1.33 bits per heavy atom. The molecule has 0 radical (unpaired) electrons. The van der Waals surface area contributed by atoms with Crippen LogP contribution in [0.1, 0.15) is 38.2 Å². The van der Waals surface area contributed by atoms with Gasteiger partial charge in [0.25, 0.3) is 0 Å². The van der Waals surface area contributed by atoms with Crippen LogP contribution in [0, 0.1) is 5.82 Å². The Balaban J connectivity index is 1.41. The van der Waals surface area contributed by atoms with Crippen LogP contribution in [0.4, 0.5) is 4.39 Å². The van der Waals surface area contributed by atoms with E-state index in [1.54, 1.807) is 0 Å². The Labute approximate surface area is 229 Å². The van der Waals surface area contributed by atoms with Crippen LogP contribution in [-0.2, 0) is 38.8 Å². The molecule has 1 aliphatic heterocycles. The molecule has 1 saturated heterocycles. The van der Waals surface area contributed by atoms with E-state index in [0.717, 1.165) is 28.2 Å². The van der Waals surface area contributed by atoms with Crippen LogP contribution in [0.15, 0.2) is 91.0 Å². The van der Waals surface area contributed by atoms with Gasteiger partial charge in [0.15, 0.2) is 11.5 Å². The van der Waals surface area contributed by atoms with Crippen LogP contribution in [0.2, 0.25) is 0 Å². The molecule has 5 rings (SSSR count). The molecule has 1 fully saturated rings. The van der Waals surface area contributed by atoms with Crippen LogP contribution < -0.4 is 0 Å². The van der Waals surface area contributed by atoms with Crippen molar-refractivity contribution in [2.45, 2.75) is 44.2 Å². The lowest BCUT2D eigenvalue weighted by molar-refractivity contribution is -0.0898. The molecule has 0 spiro atoms. The van der Waals surface area contributed by atoms with Gasteiger partial charge in [-0.3, -0.25) is 0 Å². The van der Waals surface area contributed by atoms with Gasteiger partial charge < -0.3 is 24.1 Å². The van der Waals surface area contributed by atoms with Crippen molar-refractivity contribution in [2.75, 3.05) is 6.61 Å².